The van der Waals surface area contributed by atoms with Gasteiger partial charge < -0.3 is 15.4 Å². The molecule has 0 radical (unpaired) electrons. The summed E-state index contributed by atoms with van der Waals surface area (Å²) in [5.41, 5.74) is 6.18. The van der Waals surface area contributed by atoms with Gasteiger partial charge in [-0.15, -0.1) is 0 Å². The molecule has 1 aliphatic heterocycles. The van der Waals surface area contributed by atoms with E-state index in [9.17, 15) is 9.18 Å². The van der Waals surface area contributed by atoms with Gasteiger partial charge in [0.1, 0.15) is 5.82 Å². The van der Waals surface area contributed by atoms with Crippen molar-refractivity contribution in [2.45, 2.75) is 12.5 Å². The molecular weight excluding hydrogens is 279 g/mol. The smallest absolute Gasteiger partial charge is 0.254 e. The zero-order valence-corrected chi connectivity index (χ0v) is 12.3. The monoisotopic (exact) mass is 298 g/mol. The van der Waals surface area contributed by atoms with E-state index < -0.39 is 5.82 Å². The summed E-state index contributed by atoms with van der Waals surface area (Å²) in [5, 5.41) is 0. The van der Waals surface area contributed by atoms with Crippen LogP contribution in [0.25, 0.3) is 0 Å². The van der Waals surface area contributed by atoms with Crippen LogP contribution in [0.15, 0.2) is 18.2 Å². The summed E-state index contributed by atoms with van der Waals surface area (Å²) in [6.45, 7) is 0.981. The number of methoxy groups -OCH3 is 1. The number of nitrogens with two attached hydrogens (primary N) is 1. The minimum Gasteiger partial charge on any atom is -0.399 e. The highest BCUT2D eigenvalue weighted by atomic mass is 32.2. The number of carbonyl (C=O) groups is 1. The molecule has 1 heterocycles. The number of rotatable bonds is 5. The van der Waals surface area contributed by atoms with Crippen molar-refractivity contribution in [1.82, 2.24) is 4.90 Å². The molecular formula is C14H19FN2O2S. The second kappa shape index (κ2) is 6.95. The summed E-state index contributed by atoms with van der Waals surface area (Å²) >= 11 is 1.83. The molecule has 20 heavy (non-hydrogen) atoms. The number of halogens is 1. The Morgan fingerprint density at radius 2 is 2.35 bits per heavy atom. The SMILES string of the molecule is COCCN(C(=O)c1cc(N)cc(F)c1)C1CCSC1. The van der Waals surface area contributed by atoms with Gasteiger partial charge in [-0.25, -0.2) is 4.39 Å². The number of nitrogens with zero attached hydrogens (tertiary/aromatic N) is 1. The van der Waals surface area contributed by atoms with E-state index >= 15 is 0 Å². The Morgan fingerprint density at radius 3 is 2.95 bits per heavy atom. The van der Waals surface area contributed by atoms with E-state index in [0.717, 1.165) is 17.9 Å². The number of ether oxygens (including phenoxy) is 1. The van der Waals surface area contributed by atoms with Crippen molar-refractivity contribution in [3.05, 3.63) is 29.6 Å². The van der Waals surface area contributed by atoms with Gasteiger partial charge in [-0.05, 0) is 30.4 Å². The van der Waals surface area contributed by atoms with E-state index in [4.69, 9.17) is 10.5 Å². The average Bonchev–Trinajstić information content (AvgIpc) is 2.91. The number of anilines is 1. The Morgan fingerprint density at radius 1 is 1.55 bits per heavy atom. The van der Waals surface area contributed by atoms with Gasteiger partial charge in [-0.3, -0.25) is 4.79 Å². The number of benzene rings is 1. The number of amides is 1. The van der Waals surface area contributed by atoms with Crippen LogP contribution >= 0.6 is 11.8 Å². The summed E-state index contributed by atoms with van der Waals surface area (Å²) < 4.78 is 18.5. The Labute approximate surface area is 122 Å². The first-order valence-electron chi connectivity index (χ1n) is 6.55. The first-order valence-corrected chi connectivity index (χ1v) is 7.71. The third kappa shape index (κ3) is 3.64. The average molecular weight is 298 g/mol. The molecule has 6 heteroatoms. The molecule has 2 N–H and O–H groups in total. The first-order chi connectivity index (χ1) is 9.61. The fourth-order valence-corrected chi connectivity index (χ4v) is 3.53. The summed E-state index contributed by atoms with van der Waals surface area (Å²) in [4.78, 5) is 14.4. The molecule has 1 saturated heterocycles. The third-order valence-corrected chi connectivity index (χ3v) is 4.46. The van der Waals surface area contributed by atoms with Crippen LogP contribution < -0.4 is 5.73 Å². The van der Waals surface area contributed by atoms with Crippen LogP contribution in [0.1, 0.15) is 16.8 Å². The van der Waals surface area contributed by atoms with Gasteiger partial charge in [0.15, 0.2) is 0 Å². The van der Waals surface area contributed by atoms with Crippen LogP contribution in [-0.2, 0) is 4.74 Å². The lowest BCUT2D eigenvalue weighted by atomic mass is 10.1. The van der Waals surface area contributed by atoms with E-state index in [1.54, 1.807) is 12.0 Å². The maximum Gasteiger partial charge on any atom is 0.254 e. The molecule has 0 bridgehead atoms. The molecule has 1 fully saturated rings. The predicted octanol–water partition coefficient (Wildman–Crippen LogP) is 2.00. The van der Waals surface area contributed by atoms with Crippen LogP contribution in [-0.4, -0.2) is 48.6 Å². The highest BCUT2D eigenvalue weighted by Gasteiger charge is 2.27. The summed E-state index contributed by atoms with van der Waals surface area (Å²) in [5.74, 6) is 1.30. The Kier molecular flexibility index (Phi) is 5.25. The van der Waals surface area contributed by atoms with Crippen molar-refractivity contribution in [2.75, 3.05) is 37.5 Å². The Hall–Kier alpha value is -1.27. The fraction of sp³-hybridized carbons (Fsp3) is 0.500. The van der Waals surface area contributed by atoms with E-state index in [2.05, 4.69) is 0 Å². The van der Waals surface area contributed by atoms with E-state index in [1.807, 2.05) is 11.8 Å². The molecule has 110 valence electrons. The zero-order chi connectivity index (χ0) is 14.5. The standard InChI is InChI=1S/C14H19FN2O2S/c1-19-4-3-17(13-2-5-20-9-13)14(18)10-6-11(15)8-12(16)7-10/h6-8,13H,2-5,9,16H2,1H3. The van der Waals surface area contributed by atoms with Gasteiger partial charge >= 0.3 is 0 Å². The fourth-order valence-electron chi connectivity index (χ4n) is 2.31. The zero-order valence-electron chi connectivity index (χ0n) is 11.5. The van der Waals surface area contributed by atoms with Crippen LogP contribution in [0.3, 0.4) is 0 Å². The number of carbonyl (C=O) groups excluding carboxylic acids is 1. The molecule has 0 spiro atoms. The van der Waals surface area contributed by atoms with Crippen LogP contribution in [0.2, 0.25) is 0 Å². The number of thioether (sulfide) groups is 1. The minimum atomic E-state index is -0.485. The predicted molar refractivity (Wildman–Crippen MR) is 79.5 cm³/mol. The highest BCUT2D eigenvalue weighted by molar-refractivity contribution is 7.99. The van der Waals surface area contributed by atoms with Crippen LogP contribution in [0, 0.1) is 5.82 Å². The lowest BCUT2D eigenvalue weighted by molar-refractivity contribution is 0.0624. The maximum atomic E-state index is 13.4. The first kappa shape index (κ1) is 15.1. The van der Waals surface area contributed by atoms with Gasteiger partial charge in [0, 0.05) is 36.7 Å². The van der Waals surface area contributed by atoms with Crippen LogP contribution in [0.5, 0.6) is 0 Å². The normalized spacial score (nSPS) is 18.2. The van der Waals surface area contributed by atoms with Crippen molar-refractivity contribution in [3.8, 4) is 0 Å². The van der Waals surface area contributed by atoms with Gasteiger partial charge in [0.25, 0.3) is 5.91 Å². The molecule has 0 saturated carbocycles. The molecule has 1 aromatic carbocycles. The molecule has 1 aliphatic rings. The van der Waals surface area contributed by atoms with Gasteiger partial charge in [0.2, 0.25) is 0 Å². The molecule has 1 atom stereocenters. The summed E-state index contributed by atoms with van der Waals surface area (Å²) in [7, 11) is 1.60. The maximum absolute atomic E-state index is 13.4. The topological polar surface area (TPSA) is 55.6 Å². The van der Waals surface area contributed by atoms with Gasteiger partial charge in [0.05, 0.1) is 6.61 Å². The second-order valence-electron chi connectivity index (χ2n) is 4.78. The second-order valence-corrected chi connectivity index (χ2v) is 5.93. The van der Waals surface area contributed by atoms with E-state index in [-0.39, 0.29) is 17.6 Å². The van der Waals surface area contributed by atoms with E-state index in [1.165, 1.54) is 18.2 Å². The molecule has 0 aliphatic carbocycles. The molecule has 1 aromatic rings. The Bertz CT molecular complexity index is 458. The molecule has 1 amide bonds. The van der Waals surface area contributed by atoms with Crippen LogP contribution in [0.4, 0.5) is 10.1 Å². The lowest BCUT2D eigenvalue weighted by Crippen LogP contribution is -2.42. The van der Waals surface area contributed by atoms with Crippen molar-refractivity contribution in [3.63, 3.8) is 0 Å². The van der Waals surface area contributed by atoms with Crippen molar-refractivity contribution < 1.29 is 13.9 Å². The minimum absolute atomic E-state index is 0.180. The number of nitrogen functional groups attached to an aromatic ring is 1. The molecule has 1 unspecified atom stereocenters. The summed E-state index contributed by atoms with van der Waals surface area (Å²) in [6, 6.07) is 4.16. The molecule has 4 nitrogen and oxygen atoms in total. The van der Waals surface area contributed by atoms with Crippen molar-refractivity contribution in [1.29, 1.82) is 0 Å². The molecule has 0 aromatic heterocycles. The summed E-state index contributed by atoms with van der Waals surface area (Å²) in [6.07, 6.45) is 0.963. The van der Waals surface area contributed by atoms with Gasteiger partial charge in [-0.2, -0.15) is 11.8 Å². The van der Waals surface area contributed by atoms with Crippen molar-refractivity contribution in [2.24, 2.45) is 0 Å². The van der Waals surface area contributed by atoms with Gasteiger partial charge in [-0.1, -0.05) is 0 Å². The Balaban J connectivity index is 2.19. The molecule has 2 rings (SSSR count). The number of hydrogen-bond donors (Lipinski definition) is 1. The van der Waals surface area contributed by atoms with E-state index in [0.29, 0.717) is 18.7 Å². The number of hydrogen-bond acceptors (Lipinski definition) is 4. The highest BCUT2D eigenvalue weighted by Crippen LogP contribution is 2.24. The quantitative estimate of drug-likeness (QED) is 0.845. The lowest BCUT2D eigenvalue weighted by Gasteiger charge is -2.28. The van der Waals surface area contributed by atoms with Crippen molar-refractivity contribution >= 4 is 23.4 Å². The largest absolute Gasteiger partial charge is 0.399 e. The third-order valence-electron chi connectivity index (χ3n) is 3.31.